The molecule has 0 radical (unpaired) electrons. The maximum absolute atomic E-state index is 10.2. The summed E-state index contributed by atoms with van der Waals surface area (Å²) in [4.78, 5) is 2.59. The Morgan fingerprint density at radius 2 is 2.09 bits per heavy atom. The standard InChI is InChI=1S/C17H25BrN2O2/c1-2-22-15-11-13(10-14(18)17(15)21)16(12-4-3-5-12)20-8-6-19-7-9-20/h10-12,16,19,21H,2-9H2,1H3/t16-/m0/s1. The highest BCUT2D eigenvalue weighted by Crippen LogP contribution is 2.45. The van der Waals surface area contributed by atoms with Crippen LogP contribution in [0.4, 0.5) is 0 Å². The molecule has 1 heterocycles. The van der Waals surface area contributed by atoms with E-state index in [2.05, 4.69) is 32.2 Å². The van der Waals surface area contributed by atoms with E-state index in [9.17, 15) is 5.11 Å². The maximum Gasteiger partial charge on any atom is 0.172 e. The lowest BCUT2D eigenvalue weighted by Gasteiger charge is -2.43. The van der Waals surface area contributed by atoms with Gasteiger partial charge in [0.1, 0.15) is 0 Å². The van der Waals surface area contributed by atoms with Gasteiger partial charge in [-0.3, -0.25) is 4.90 Å². The summed E-state index contributed by atoms with van der Waals surface area (Å²) in [6.07, 6.45) is 3.94. The van der Waals surface area contributed by atoms with Gasteiger partial charge in [0, 0.05) is 32.2 Å². The lowest BCUT2D eigenvalue weighted by Crippen LogP contribution is -2.47. The van der Waals surface area contributed by atoms with Gasteiger partial charge in [-0.1, -0.05) is 6.42 Å². The van der Waals surface area contributed by atoms with Crippen LogP contribution in [0.3, 0.4) is 0 Å². The summed E-state index contributed by atoms with van der Waals surface area (Å²) in [7, 11) is 0. The van der Waals surface area contributed by atoms with Crippen molar-refractivity contribution in [3.63, 3.8) is 0 Å². The van der Waals surface area contributed by atoms with Crippen LogP contribution >= 0.6 is 15.9 Å². The molecule has 2 aliphatic rings. The van der Waals surface area contributed by atoms with Gasteiger partial charge in [0.25, 0.3) is 0 Å². The van der Waals surface area contributed by atoms with E-state index in [1.807, 2.05) is 13.0 Å². The second-order valence-corrected chi connectivity index (χ2v) is 7.06. The van der Waals surface area contributed by atoms with Gasteiger partial charge < -0.3 is 15.2 Å². The molecule has 0 aromatic heterocycles. The minimum atomic E-state index is 0.207. The van der Waals surface area contributed by atoms with Crippen molar-refractivity contribution >= 4 is 15.9 Å². The molecular weight excluding hydrogens is 344 g/mol. The quantitative estimate of drug-likeness (QED) is 0.836. The summed E-state index contributed by atoms with van der Waals surface area (Å²) in [6, 6.07) is 4.55. The SMILES string of the molecule is CCOc1cc([C@H](C2CCC2)N2CCNCC2)cc(Br)c1O. The molecule has 0 unspecified atom stereocenters. The van der Waals surface area contributed by atoms with E-state index in [0.717, 1.165) is 36.6 Å². The number of phenolic OH excluding ortho intramolecular Hbond substituents is 1. The normalized spacial score (nSPS) is 21.4. The van der Waals surface area contributed by atoms with E-state index >= 15 is 0 Å². The zero-order valence-corrected chi connectivity index (χ0v) is 14.7. The van der Waals surface area contributed by atoms with Crippen LogP contribution in [0, 0.1) is 5.92 Å². The molecule has 1 saturated heterocycles. The number of hydrogen-bond donors (Lipinski definition) is 2. The first-order valence-corrected chi connectivity index (χ1v) is 9.10. The van der Waals surface area contributed by atoms with Crippen LogP contribution in [-0.2, 0) is 0 Å². The van der Waals surface area contributed by atoms with Crippen molar-refractivity contribution in [1.29, 1.82) is 0 Å². The topological polar surface area (TPSA) is 44.7 Å². The lowest BCUT2D eigenvalue weighted by molar-refractivity contribution is 0.0834. The molecule has 22 heavy (non-hydrogen) atoms. The molecule has 5 heteroatoms. The molecule has 1 saturated carbocycles. The molecule has 2 N–H and O–H groups in total. The molecule has 1 atom stereocenters. The maximum atomic E-state index is 10.2. The average molecular weight is 369 g/mol. The number of aromatic hydroxyl groups is 1. The van der Waals surface area contributed by atoms with Crippen molar-refractivity contribution < 1.29 is 9.84 Å². The number of hydrogen-bond acceptors (Lipinski definition) is 4. The predicted octanol–water partition coefficient (Wildman–Crippen LogP) is 3.30. The van der Waals surface area contributed by atoms with Crippen molar-refractivity contribution in [1.82, 2.24) is 10.2 Å². The third-order valence-electron chi connectivity index (χ3n) is 4.83. The van der Waals surface area contributed by atoms with E-state index in [1.165, 1.54) is 24.8 Å². The molecule has 3 rings (SSSR count). The Morgan fingerprint density at radius 1 is 1.36 bits per heavy atom. The van der Waals surface area contributed by atoms with Crippen LogP contribution in [-0.4, -0.2) is 42.8 Å². The Labute approximate surface area is 141 Å². The fraction of sp³-hybridized carbons (Fsp3) is 0.647. The molecule has 4 nitrogen and oxygen atoms in total. The van der Waals surface area contributed by atoms with Crippen molar-refractivity contribution in [3.05, 3.63) is 22.2 Å². The molecule has 0 amide bonds. The summed E-state index contributed by atoms with van der Waals surface area (Å²) in [5.41, 5.74) is 1.26. The molecule has 122 valence electrons. The number of piperazine rings is 1. The van der Waals surface area contributed by atoms with Crippen LogP contribution in [0.5, 0.6) is 11.5 Å². The highest BCUT2D eigenvalue weighted by molar-refractivity contribution is 9.10. The summed E-state index contributed by atoms with van der Waals surface area (Å²) in [5.74, 6) is 1.52. The highest BCUT2D eigenvalue weighted by Gasteiger charge is 2.34. The smallest absolute Gasteiger partial charge is 0.172 e. The van der Waals surface area contributed by atoms with Crippen molar-refractivity contribution in [2.24, 2.45) is 5.92 Å². The average Bonchev–Trinajstić information content (AvgIpc) is 2.48. The van der Waals surface area contributed by atoms with Gasteiger partial charge in [-0.15, -0.1) is 0 Å². The Morgan fingerprint density at radius 3 is 2.68 bits per heavy atom. The number of benzene rings is 1. The van der Waals surface area contributed by atoms with Crippen molar-refractivity contribution in [2.45, 2.75) is 32.2 Å². The zero-order chi connectivity index (χ0) is 15.5. The van der Waals surface area contributed by atoms with Gasteiger partial charge in [0.05, 0.1) is 11.1 Å². The molecule has 1 aromatic rings. The molecule has 2 fully saturated rings. The largest absolute Gasteiger partial charge is 0.503 e. The summed E-state index contributed by atoms with van der Waals surface area (Å²) >= 11 is 3.49. The summed E-state index contributed by atoms with van der Waals surface area (Å²) in [6.45, 7) is 6.79. The van der Waals surface area contributed by atoms with E-state index < -0.39 is 0 Å². The van der Waals surface area contributed by atoms with Gasteiger partial charge in [-0.2, -0.15) is 0 Å². The Balaban J connectivity index is 1.92. The van der Waals surface area contributed by atoms with Crippen LogP contribution in [0.2, 0.25) is 0 Å². The number of halogens is 1. The van der Waals surface area contributed by atoms with E-state index in [-0.39, 0.29) is 5.75 Å². The molecule has 0 spiro atoms. The first-order valence-electron chi connectivity index (χ1n) is 8.30. The third kappa shape index (κ3) is 3.26. The highest BCUT2D eigenvalue weighted by atomic mass is 79.9. The predicted molar refractivity (Wildman–Crippen MR) is 91.5 cm³/mol. The van der Waals surface area contributed by atoms with Gasteiger partial charge in [-0.25, -0.2) is 0 Å². The first-order chi connectivity index (χ1) is 10.7. The Hall–Kier alpha value is -0.780. The second kappa shape index (κ2) is 7.20. The van der Waals surface area contributed by atoms with E-state index in [4.69, 9.17) is 4.74 Å². The van der Waals surface area contributed by atoms with Gasteiger partial charge in [0.15, 0.2) is 11.5 Å². The Bertz CT molecular complexity index is 514. The van der Waals surface area contributed by atoms with Crippen LogP contribution in [0.1, 0.15) is 37.8 Å². The minimum Gasteiger partial charge on any atom is -0.503 e. The molecule has 1 aliphatic carbocycles. The van der Waals surface area contributed by atoms with Crippen LogP contribution < -0.4 is 10.1 Å². The van der Waals surface area contributed by atoms with Crippen LogP contribution in [0.25, 0.3) is 0 Å². The monoisotopic (exact) mass is 368 g/mol. The minimum absolute atomic E-state index is 0.207. The molecule has 0 bridgehead atoms. The van der Waals surface area contributed by atoms with Gasteiger partial charge in [0.2, 0.25) is 0 Å². The Kier molecular flexibility index (Phi) is 5.26. The van der Waals surface area contributed by atoms with E-state index in [1.54, 1.807) is 0 Å². The fourth-order valence-electron chi connectivity index (χ4n) is 3.53. The molecule has 1 aliphatic heterocycles. The van der Waals surface area contributed by atoms with Gasteiger partial charge >= 0.3 is 0 Å². The summed E-state index contributed by atoms with van der Waals surface area (Å²) < 4.78 is 6.35. The number of nitrogens with one attached hydrogen (secondary N) is 1. The van der Waals surface area contributed by atoms with Crippen LogP contribution in [0.15, 0.2) is 16.6 Å². The lowest BCUT2D eigenvalue weighted by atomic mass is 9.76. The third-order valence-corrected chi connectivity index (χ3v) is 5.44. The number of phenols is 1. The zero-order valence-electron chi connectivity index (χ0n) is 13.1. The molecular formula is C17H25BrN2O2. The number of nitrogens with zero attached hydrogens (tertiary/aromatic N) is 1. The van der Waals surface area contributed by atoms with Gasteiger partial charge in [-0.05, 0) is 59.3 Å². The van der Waals surface area contributed by atoms with Crippen molar-refractivity contribution in [2.75, 3.05) is 32.8 Å². The summed E-state index contributed by atoms with van der Waals surface area (Å²) in [5, 5.41) is 13.6. The number of ether oxygens (including phenoxy) is 1. The number of rotatable bonds is 5. The fourth-order valence-corrected chi connectivity index (χ4v) is 3.99. The van der Waals surface area contributed by atoms with Crippen molar-refractivity contribution in [3.8, 4) is 11.5 Å². The molecule has 1 aromatic carbocycles. The first kappa shape index (κ1) is 16.1. The van der Waals surface area contributed by atoms with E-state index in [0.29, 0.717) is 18.4 Å². The second-order valence-electron chi connectivity index (χ2n) is 6.20.